The molecule has 2 aromatic rings. The van der Waals surface area contributed by atoms with Crippen LogP contribution in [0.1, 0.15) is 25.0 Å². The van der Waals surface area contributed by atoms with Gasteiger partial charge in [0.2, 0.25) is 9.84 Å². The monoisotopic (exact) mass is 366 g/mol. The van der Waals surface area contributed by atoms with Gasteiger partial charge in [0.25, 0.3) is 5.16 Å². The highest BCUT2D eigenvalue weighted by Gasteiger charge is 2.29. The lowest BCUT2D eigenvalue weighted by atomic mass is 10.1. The van der Waals surface area contributed by atoms with Gasteiger partial charge in [-0.25, -0.2) is 18.2 Å². The number of carbonyl (C=O) groups excluding carboxylic acids is 1. The van der Waals surface area contributed by atoms with E-state index in [1.165, 1.54) is 12.0 Å². The molecule has 0 aliphatic heterocycles. The van der Waals surface area contributed by atoms with Gasteiger partial charge in [-0.1, -0.05) is 6.07 Å². The molecule has 25 heavy (non-hydrogen) atoms. The third-order valence-corrected chi connectivity index (χ3v) is 5.54. The van der Waals surface area contributed by atoms with Gasteiger partial charge in [-0.3, -0.25) is 0 Å². The summed E-state index contributed by atoms with van der Waals surface area (Å²) in [5.41, 5.74) is 1.41. The van der Waals surface area contributed by atoms with Gasteiger partial charge in [0, 0.05) is 13.1 Å². The lowest BCUT2D eigenvalue weighted by molar-refractivity contribution is 0.201. The Morgan fingerprint density at radius 3 is 2.44 bits per heavy atom. The quantitative estimate of drug-likeness (QED) is 0.804. The molecule has 1 amide bonds. The maximum atomic E-state index is 12.9. The number of carbonyl (C=O) groups is 1. The summed E-state index contributed by atoms with van der Waals surface area (Å²) < 4.78 is 32.1. The first-order chi connectivity index (χ1) is 11.8. The van der Waals surface area contributed by atoms with Crippen molar-refractivity contribution in [3.8, 4) is 5.75 Å². The van der Waals surface area contributed by atoms with Crippen molar-refractivity contribution in [2.75, 3.05) is 20.2 Å². The molecule has 0 atom stereocenters. The first-order valence-electron chi connectivity index (χ1n) is 7.87. The Bertz CT molecular complexity index is 886. The summed E-state index contributed by atoms with van der Waals surface area (Å²) in [5, 5.41) is 3.45. The number of aryl methyl sites for hydroxylation is 2. The summed E-state index contributed by atoms with van der Waals surface area (Å²) in [6.07, 6.45) is 1.11. The van der Waals surface area contributed by atoms with Crippen molar-refractivity contribution < 1.29 is 17.9 Å². The number of methoxy groups -OCH3 is 1. The average Bonchev–Trinajstić information content (AvgIpc) is 3.05. The lowest BCUT2D eigenvalue weighted by Gasteiger charge is -2.17. The molecule has 0 unspecified atom stereocenters. The second-order valence-electron chi connectivity index (χ2n) is 5.54. The molecule has 0 spiro atoms. The van der Waals surface area contributed by atoms with Gasteiger partial charge in [-0.15, -0.1) is 5.10 Å². The minimum Gasteiger partial charge on any atom is -0.495 e. The Morgan fingerprint density at radius 1 is 1.24 bits per heavy atom. The van der Waals surface area contributed by atoms with Gasteiger partial charge in [0.1, 0.15) is 17.0 Å². The van der Waals surface area contributed by atoms with Gasteiger partial charge < -0.3 is 9.64 Å². The predicted octanol–water partition coefficient (Wildman–Crippen LogP) is 2.05. The number of hydrogen-bond donors (Lipinski definition) is 0. The highest BCUT2D eigenvalue weighted by molar-refractivity contribution is 7.91. The molecule has 0 bridgehead atoms. The molecule has 0 radical (unpaired) electrons. The Morgan fingerprint density at radius 2 is 1.88 bits per heavy atom. The van der Waals surface area contributed by atoms with Crippen molar-refractivity contribution in [3.05, 3.63) is 29.6 Å². The van der Waals surface area contributed by atoms with Crippen LogP contribution in [0.3, 0.4) is 0 Å². The van der Waals surface area contributed by atoms with Crippen LogP contribution in [0, 0.1) is 13.8 Å². The molecular formula is C16H22N4O4S. The number of rotatable bonds is 5. The number of aromatic nitrogens is 3. The zero-order chi connectivity index (χ0) is 18.8. The third-order valence-electron chi connectivity index (χ3n) is 3.81. The molecule has 0 N–H and O–H groups in total. The van der Waals surface area contributed by atoms with E-state index in [1.54, 1.807) is 19.1 Å². The fourth-order valence-corrected chi connectivity index (χ4v) is 4.06. The fourth-order valence-electron chi connectivity index (χ4n) is 2.60. The molecule has 8 nitrogen and oxygen atoms in total. The van der Waals surface area contributed by atoms with Crippen molar-refractivity contribution in [1.82, 2.24) is 19.7 Å². The largest absolute Gasteiger partial charge is 0.495 e. The zero-order valence-corrected chi connectivity index (χ0v) is 15.8. The SMILES string of the molecule is CCN(CC)C(=O)n1cnc(S(=O)(=O)c2c(C)cc(C)cc2OC)n1. The van der Waals surface area contributed by atoms with E-state index in [-0.39, 0.29) is 10.6 Å². The summed E-state index contributed by atoms with van der Waals surface area (Å²) >= 11 is 0. The highest BCUT2D eigenvalue weighted by atomic mass is 32.2. The van der Waals surface area contributed by atoms with E-state index in [1.807, 2.05) is 20.8 Å². The van der Waals surface area contributed by atoms with E-state index in [0.717, 1.165) is 16.6 Å². The van der Waals surface area contributed by atoms with Crippen LogP contribution in [-0.2, 0) is 9.84 Å². The van der Waals surface area contributed by atoms with Gasteiger partial charge >= 0.3 is 6.03 Å². The molecule has 0 saturated heterocycles. The Kier molecular flexibility index (Phi) is 5.46. The van der Waals surface area contributed by atoms with E-state index in [4.69, 9.17) is 4.74 Å². The van der Waals surface area contributed by atoms with Gasteiger partial charge in [0.15, 0.2) is 0 Å². The molecule has 9 heteroatoms. The zero-order valence-electron chi connectivity index (χ0n) is 15.0. The normalized spacial score (nSPS) is 11.4. The van der Waals surface area contributed by atoms with Crippen molar-refractivity contribution in [2.45, 2.75) is 37.7 Å². The van der Waals surface area contributed by atoms with Crippen LogP contribution in [0.25, 0.3) is 0 Å². The van der Waals surface area contributed by atoms with Crippen LogP contribution in [-0.4, -0.2) is 54.3 Å². The van der Waals surface area contributed by atoms with Crippen LogP contribution in [0.15, 0.2) is 28.5 Å². The molecule has 0 fully saturated rings. The van der Waals surface area contributed by atoms with Gasteiger partial charge in [-0.2, -0.15) is 4.68 Å². The molecular weight excluding hydrogens is 344 g/mol. The molecule has 2 rings (SSSR count). The molecule has 136 valence electrons. The number of ether oxygens (including phenoxy) is 1. The Labute approximate surface area is 147 Å². The molecule has 0 aliphatic carbocycles. The van der Waals surface area contributed by atoms with E-state index < -0.39 is 21.0 Å². The molecule has 1 aromatic heterocycles. The highest BCUT2D eigenvalue weighted by Crippen LogP contribution is 2.32. The topological polar surface area (TPSA) is 94.4 Å². The number of benzene rings is 1. The smallest absolute Gasteiger partial charge is 0.346 e. The van der Waals surface area contributed by atoms with E-state index in [9.17, 15) is 13.2 Å². The summed E-state index contributed by atoms with van der Waals surface area (Å²) in [7, 11) is -2.61. The molecule has 0 aliphatic rings. The predicted molar refractivity (Wildman–Crippen MR) is 91.7 cm³/mol. The standard InChI is InChI=1S/C16H22N4O4S/c1-6-19(7-2)16(21)20-10-17-15(18-20)25(22,23)14-12(4)8-11(3)9-13(14)24-5/h8-10H,6-7H2,1-5H3. The van der Waals surface area contributed by atoms with Gasteiger partial charge in [-0.05, 0) is 44.9 Å². The second-order valence-corrected chi connectivity index (χ2v) is 7.32. The van der Waals surface area contributed by atoms with Gasteiger partial charge in [0.05, 0.1) is 7.11 Å². The van der Waals surface area contributed by atoms with Crippen LogP contribution in [0.2, 0.25) is 0 Å². The maximum Gasteiger partial charge on any atom is 0.346 e. The minimum absolute atomic E-state index is 0.00800. The second kappa shape index (κ2) is 7.22. The summed E-state index contributed by atoms with van der Waals surface area (Å²) in [6, 6.07) is 2.96. The molecule has 1 aromatic carbocycles. The van der Waals surface area contributed by atoms with Crippen molar-refractivity contribution in [1.29, 1.82) is 0 Å². The van der Waals surface area contributed by atoms with Crippen molar-refractivity contribution in [3.63, 3.8) is 0 Å². The first-order valence-corrected chi connectivity index (χ1v) is 9.35. The number of amides is 1. The lowest BCUT2D eigenvalue weighted by Crippen LogP contribution is -2.34. The van der Waals surface area contributed by atoms with E-state index in [0.29, 0.717) is 18.7 Å². The average molecular weight is 366 g/mol. The van der Waals surface area contributed by atoms with E-state index in [2.05, 4.69) is 10.1 Å². The van der Waals surface area contributed by atoms with Crippen molar-refractivity contribution >= 4 is 15.9 Å². The Hall–Kier alpha value is -2.42. The minimum atomic E-state index is -4.02. The number of nitrogens with zero attached hydrogens (tertiary/aromatic N) is 4. The molecule has 1 heterocycles. The van der Waals surface area contributed by atoms with Crippen LogP contribution in [0.5, 0.6) is 5.75 Å². The molecule has 0 saturated carbocycles. The van der Waals surface area contributed by atoms with Crippen LogP contribution >= 0.6 is 0 Å². The van der Waals surface area contributed by atoms with Crippen LogP contribution < -0.4 is 4.74 Å². The number of hydrogen-bond acceptors (Lipinski definition) is 6. The summed E-state index contributed by atoms with van der Waals surface area (Å²) in [5.74, 6) is 0.226. The summed E-state index contributed by atoms with van der Waals surface area (Å²) in [4.78, 5) is 17.6. The maximum absolute atomic E-state index is 12.9. The number of sulfone groups is 1. The van der Waals surface area contributed by atoms with E-state index >= 15 is 0 Å². The van der Waals surface area contributed by atoms with Crippen LogP contribution in [0.4, 0.5) is 4.79 Å². The Balaban J connectivity index is 2.51. The fraction of sp³-hybridized carbons (Fsp3) is 0.438. The van der Waals surface area contributed by atoms with Crippen molar-refractivity contribution in [2.24, 2.45) is 0 Å². The summed E-state index contributed by atoms with van der Waals surface area (Å²) in [6.45, 7) is 8.17. The first kappa shape index (κ1) is 18.9. The third kappa shape index (κ3) is 3.51.